The Balaban J connectivity index is 1.87. The van der Waals surface area contributed by atoms with Crippen molar-refractivity contribution in [1.82, 2.24) is 5.32 Å². The SMILES string of the molecule is CC(C)N[C@H]1C[C@H]2CC[C@@H]1C2. The molecule has 2 saturated carbocycles. The summed E-state index contributed by atoms with van der Waals surface area (Å²) >= 11 is 0. The largest absolute Gasteiger partial charge is 0.311 e. The van der Waals surface area contributed by atoms with Gasteiger partial charge in [-0.2, -0.15) is 0 Å². The summed E-state index contributed by atoms with van der Waals surface area (Å²) < 4.78 is 0. The fraction of sp³-hybridized carbons (Fsp3) is 1.00. The standard InChI is InChI=1S/C10H19N/c1-7(2)11-10-6-8-3-4-9(10)5-8/h7-11H,3-6H2,1-2H3/t8-,9+,10-/m0/s1. The van der Waals surface area contributed by atoms with Crippen molar-refractivity contribution in [2.45, 2.75) is 51.6 Å². The van der Waals surface area contributed by atoms with Crippen molar-refractivity contribution < 1.29 is 0 Å². The third-order valence-electron chi connectivity index (χ3n) is 3.29. The topological polar surface area (TPSA) is 12.0 Å². The third kappa shape index (κ3) is 1.44. The average Bonchev–Trinajstić information content (AvgIpc) is 2.45. The molecule has 2 aliphatic rings. The first kappa shape index (κ1) is 7.60. The Morgan fingerprint density at radius 3 is 2.45 bits per heavy atom. The van der Waals surface area contributed by atoms with E-state index in [9.17, 15) is 0 Å². The van der Waals surface area contributed by atoms with E-state index in [2.05, 4.69) is 19.2 Å². The van der Waals surface area contributed by atoms with Gasteiger partial charge in [0.2, 0.25) is 0 Å². The Bertz CT molecular complexity index is 142. The third-order valence-corrected chi connectivity index (χ3v) is 3.29. The van der Waals surface area contributed by atoms with Gasteiger partial charge < -0.3 is 5.32 Å². The highest BCUT2D eigenvalue weighted by Crippen LogP contribution is 2.44. The van der Waals surface area contributed by atoms with Crippen LogP contribution in [0.4, 0.5) is 0 Å². The minimum atomic E-state index is 0.680. The molecule has 2 bridgehead atoms. The summed E-state index contributed by atoms with van der Waals surface area (Å²) in [5, 5.41) is 3.67. The van der Waals surface area contributed by atoms with Crippen LogP contribution in [-0.4, -0.2) is 12.1 Å². The van der Waals surface area contributed by atoms with Gasteiger partial charge in [-0.25, -0.2) is 0 Å². The highest BCUT2D eigenvalue weighted by molar-refractivity contribution is 4.94. The maximum Gasteiger partial charge on any atom is 0.0100 e. The summed E-state index contributed by atoms with van der Waals surface area (Å²) in [6.45, 7) is 4.51. The summed E-state index contributed by atoms with van der Waals surface area (Å²) in [5.41, 5.74) is 0. The molecule has 0 spiro atoms. The molecule has 1 heteroatoms. The van der Waals surface area contributed by atoms with Crippen molar-refractivity contribution in [3.63, 3.8) is 0 Å². The summed E-state index contributed by atoms with van der Waals surface area (Å²) in [5.74, 6) is 2.11. The molecule has 3 atom stereocenters. The van der Waals surface area contributed by atoms with E-state index in [0.29, 0.717) is 6.04 Å². The fourth-order valence-electron chi connectivity index (χ4n) is 2.88. The van der Waals surface area contributed by atoms with E-state index in [1.165, 1.54) is 25.7 Å². The van der Waals surface area contributed by atoms with Crippen LogP contribution in [0, 0.1) is 11.8 Å². The van der Waals surface area contributed by atoms with Crippen molar-refractivity contribution >= 4 is 0 Å². The monoisotopic (exact) mass is 153 g/mol. The van der Waals surface area contributed by atoms with Crippen LogP contribution < -0.4 is 5.32 Å². The molecule has 2 rings (SSSR count). The zero-order valence-corrected chi connectivity index (χ0v) is 7.64. The van der Waals surface area contributed by atoms with Gasteiger partial charge in [-0.15, -0.1) is 0 Å². The van der Waals surface area contributed by atoms with E-state index in [4.69, 9.17) is 0 Å². The zero-order chi connectivity index (χ0) is 7.84. The van der Waals surface area contributed by atoms with Crippen molar-refractivity contribution in [2.24, 2.45) is 11.8 Å². The van der Waals surface area contributed by atoms with Crippen LogP contribution in [-0.2, 0) is 0 Å². The fourth-order valence-corrected chi connectivity index (χ4v) is 2.88. The average molecular weight is 153 g/mol. The van der Waals surface area contributed by atoms with Gasteiger partial charge in [-0.05, 0) is 31.1 Å². The lowest BCUT2D eigenvalue weighted by Gasteiger charge is -2.24. The van der Waals surface area contributed by atoms with E-state index in [1.807, 2.05) is 0 Å². The molecule has 0 saturated heterocycles. The molecular formula is C10H19N. The van der Waals surface area contributed by atoms with Crippen LogP contribution in [0.3, 0.4) is 0 Å². The molecule has 11 heavy (non-hydrogen) atoms. The molecular weight excluding hydrogens is 134 g/mol. The predicted molar refractivity (Wildman–Crippen MR) is 47.5 cm³/mol. The van der Waals surface area contributed by atoms with E-state index >= 15 is 0 Å². The molecule has 0 aromatic carbocycles. The van der Waals surface area contributed by atoms with Crippen molar-refractivity contribution in [3.05, 3.63) is 0 Å². The van der Waals surface area contributed by atoms with Gasteiger partial charge in [0.1, 0.15) is 0 Å². The van der Waals surface area contributed by atoms with E-state index in [0.717, 1.165) is 17.9 Å². The van der Waals surface area contributed by atoms with Gasteiger partial charge in [-0.3, -0.25) is 0 Å². The second-order valence-corrected chi connectivity index (χ2v) is 4.60. The summed E-state index contributed by atoms with van der Waals surface area (Å²) in [6, 6.07) is 1.55. The number of rotatable bonds is 2. The Morgan fingerprint density at radius 2 is 2.00 bits per heavy atom. The highest BCUT2D eigenvalue weighted by atomic mass is 15.0. The maximum absolute atomic E-state index is 3.67. The molecule has 1 nitrogen and oxygen atoms in total. The smallest absolute Gasteiger partial charge is 0.0100 e. The lowest BCUT2D eigenvalue weighted by Crippen LogP contribution is -2.38. The van der Waals surface area contributed by atoms with Crippen LogP contribution in [0.25, 0.3) is 0 Å². The Hall–Kier alpha value is -0.0400. The first-order valence-corrected chi connectivity index (χ1v) is 5.01. The summed E-state index contributed by atoms with van der Waals surface area (Å²) in [4.78, 5) is 0. The maximum atomic E-state index is 3.67. The Labute approximate surface area is 69.6 Å². The minimum absolute atomic E-state index is 0.680. The van der Waals surface area contributed by atoms with Gasteiger partial charge in [0.25, 0.3) is 0 Å². The molecule has 1 N–H and O–H groups in total. The molecule has 2 fully saturated rings. The van der Waals surface area contributed by atoms with Gasteiger partial charge in [-0.1, -0.05) is 20.3 Å². The van der Waals surface area contributed by atoms with Crippen LogP contribution in [0.1, 0.15) is 39.5 Å². The molecule has 64 valence electrons. The first-order valence-electron chi connectivity index (χ1n) is 5.01. The number of hydrogen-bond acceptors (Lipinski definition) is 1. The lowest BCUT2D eigenvalue weighted by molar-refractivity contribution is 0.332. The quantitative estimate of drug-likeness (QED) is 0.641. The van der Waals surface area contributed by atoms with Crippen LogP contribution in [0.2, 0.25) is 0 Å². The van der Waals surface area contributed by atoms with E-state index in [-0.39, 0.29) is 0 Å². The molecule has 0 unspecified atom stereocenters. The molecule has 2 aliphatic carbocycles. The molecule has 0 radical (unpaired) electrons. The molecule has 0 aromatic rings. The van der Waals surface area contributed by atoms with Crippen molar-refractivity contribution in [3.8, 4) is 0 Å². The van der Waals surface area contributed by atoms with Gasteiger partial charge in [0.05, 0.1) is 0 Å². The second-order valence-electron chi connectivity index (χ2n) is 4.60. The minimum Gasteiger partial charge on any atom is -0.311 e. The predicted octanol–water partition coefficient (Wildman–Crippen LogP) is 2.17. The number of nitrogens with one attached hydrogen (secondary N) is 1. The summed E-state index contributed by atoms with van der Waals surface area (Å²) in [7, 11) is 0. The van der Waals surface area contributed by atoms with Gasteiger partial charge in [0.15, 0.2) is 0 Å². The second kappa shape index (κ2) is 2.78. The van der Waals surface area contributed by atoms with Crippen LogP contribution >= 0.6 is 0 Å². The van der Waals surface area contributed by atoms with E-state index in [1.54, 1.807) is 0 Å². The van der Waals surface area contributed by atoms with Crippen molar-refractivity contribution in [2.75, 3.05) is 0 Å². The molecule has 0 amide bonds. The molecule has 0 heterocycles. The zero-order valence-electron chi connectivity index (χ0n) is 7.64. The van der Waals surface area contributed by atoms with Crippen molar-refractivity contribution in [1.29, 1.82) is 0 Å². The Kier molecular flexibility index (Phi) is 1.92. The number of fused-ring (bicyclic) bond motifs is 2. The highest BCUT2D eigenvalue weighted by Gasteiger charge is 2.39. The number of hydrogen-bond donors (Lipinski definition) is 1. The van der Waals surface area contributed by atoms with Gasteiger partial charge >= 0.3 is 0 Å². The first-order chi connectivity index (χ1) is 5.25. The van der Waals surface area contributed by atoms with Gasteiger partial charge in [0, 0.05) is 12.1 Å². The van der Waals surface area contributed by atoms with Crippen LogP contribution in [0.15, 0.2) is 0 Å². The van der Waals surface area contributed by atoms with E-state index < -0.39 is 0 Å². The Morgan fingerprint density at radius 1 is 1.18 bits per heavy atom. The normalized spacial score (nSPS) is 42.3. The summed E-state index contributed by atoms with van der Waals surface area (Å²) in [6.07, 6.45) is 5.99. The molecule has 0 aromatic heterocycles. The van der Waals surface area contributed by atoms with Crippen LogP contribution in [0.5, 0.6) is 0 Å². The lowest BCUT2D eigenvalue weighted by atomic mass is 9.95. The molecule has 0 aliphatic heterocycles.